The number of nitrogens with one attached hydrogen (secondary N) is 2. The van der Waals surface area contributed by atoms with Gasteiger partial charge in [0.1, 0.15) is 12.2 Å². The molecule has 26 heavy (non-hydrogen) atoms. The number of H-pyrrole nitrogens is 1. The highest BCUT2D eigenvalue weighted by Crippen LogP contribution is 2.30. The molecule has 0 bridgehead atoms. The van der Waals surface area contributed by atoms with Crippen LogP contribution in [0.4, 0.5) is 5.95 Å². The molecule has 0 atom stereocenters. The molecule has 3 aromatic rings. The number of nitrogens with zero attached hydrogens (tertiary/aromatic N) is 4. The minimum Gasteiger partial charge on any atom is -0.299 e. The van der Waals surface area contributed by atoms with Crippen LogP contribution >= 0.6 is 0 Å². The van der Waals surface area contributed by atoms with Gasteiger partial charge >= 0.3 is 0 Å². The molecule has 0 radical (unpaired) electrons. The quantitative estimate of drug-likeness (QED) is 0.751. The van der Waals surface area contributed by atoms with Crippen molar-refractivity contribution < 1.29 is 9.59 Å². The largest absolute Gasteiger partial charge is 0.299 e. The molecule has 0 spiro atoms. The van der Waals surface area contributed by atoms with Crippen molar-refractivity contribution in [3.63, 3.8) is 0 Å². The average Bonchev–Trinajstić information content (AvgIpc) is 3.22. The van der Waals surface area contributed by atoms with E-state index in [0.717, 1.165) is 5.56 Å². The first-order valence-corrected chi connectivity index (χ1v) is 7.87. The zero-order valence-electron chi connectivity index (χ0n) is 13.6. The van der Waals surface area contributed by atoms with Crippen molar-refractivity contribution in [3.05, 3.63) is 66.4 Å². The van der Waals surface area contributed by atoms with Crippen molar-refractivity contribution >= 4 is 23.5 Å². The summed E-state index contributed by atoms with van der Waals surface area (Å²) in [5.74, 6) is -0.107. The summed E-state index contributed by atoms with van der Waals surface area (Å²) in [5, 5.41) is 9.24. The third kappa shape index (κ3) is 2.73. The average molecular weight is 346 g/mol. The summed E-state index contributed by atoms with van der Waals surface area (Å²) in [6.45, 7) is 3.74. The molecule has 2 aromatic heterocycles. The van der Waals surface area contributed by atoms with Crippen molar-refractivity contribution in [2.45, 2.75) is 0 Å². The van der Waals surface area contributed by atoms with Gasteiger partial charge in [-0.1, -0.05) is 30.8 Å². The second-order valence-electron chi connectivity index (χ2n) is 5.65. The van der Waals surface area contributed by atoms with E-state index in [4.69, 9.17) is 0 Å². The van der Waals surface area contributed by atoms with Crippen LogP contribution in [0.1, 0.15) is 15.9 Å². The number of anilines is 1. The molecule has 8 heteroatoms. The first-order chi connectivity index (χ1) is 12.6. The Labute approximate surface area is 148 Å². The van der Waals surface area contributed by atoms with Gasteiger partial charge in [-0.3, -0.25) is 29.9 Å². The number of amides is 2. The lowest BCUT2D eigenvalue weighted by molar-refractivity contribution is -0.116. The highest BCUT2D eigenvalue weighted by Gasteiger charge is 2.32. The van der Waals surface area contributed by atoms with E-state index in [2.05, 4.69) is 32.1 Å². The monoisotopic (exact) mass is 346 g/mol. The van der Waals surface area contributed by atoms with Gasteiger partial charge in [-0.25, -0.2) is 0 Å². The highest BCUT2D eigenvalue weighted by atomic mass is 16.2. The lowest BCUT2D eigenvalue weighted by atomic mass is 10.1. The summed E-state index contributed by atoms with van der Waals surface area (Å²) >= 11 is 0. The number of pyridine rings is 1. The second kappa shape index (κ2) is 6.25. The first-order valence-electron chi connectivity index (χ1n) is 7.87. The van der Waals surface area contributed by atoms with Crippen molar-refractivity contribution in [2.24, 2.45) is 0 Å². The van der Waals surface area contributed by atoms with Gasteiger partial charge in [0.25, 0.3) is 5.91 Å². The van der Waals surface area contributed by atoms with Crippen LogP contribution < -0.4 is 5.32 Å². The van der Waals surface area contributed by atoms with E-state index in [9.17, 15) is 9.59 Å². The summed E-state index contributed by atoms with van der Waals surface area (Å²) in [7, 11) is 0. The normalized spacial score (nSPS) is 13.0. The van der Waals surface area contributed by atoms with Crippen LogP contribution in [0.25, 0.3) is 17.2 Å². The molecule has 2 N–H and O–H groups in total. The Morgan fingerprint density at radius 3 is 2.65 bits per heavy atom. The molecule has 4 rings (SSSR count). The SMILES string of the molecule is C=C1c2ccccc2C(=O)N1CC(=O)Nc1n[nH]c(-c2ccccn2)n1. The second-order valence-corrected chi connectivity index (χ2v) is 5.65. The fraction of sp³-hybridized carbons (Fsp3) is 0.0556. The molecule has 1 aliphatic heterocycles. The Bertz CT molecular complexity index is 976. The Morgan fingerprint density at radius 2 is 1.92 bits per heavy atom. The van der Waals surface area contributed by atoms with Gasteiger partial charge in [0.05, 0.1) is 0 Å². The number of rotatable bonds is 4. The van der Waals surface area contributed by atoms with E-state index < -0.39 is 5.91 Å². The van der Waals surface area contributed by atoms with E-state index in [1.165, 1.54) is 4.90 Å². The van der Waals surface area contributed by atoms with Crippen LogP contribution in [0.2, 0.25) is 0 Å². The third-order valence-electron chi connectivity index (χ3n) is 3.99. The molecule has 0 saturated heterocycles. The summed E-state index contributed by atoms with van der Waals surface area (Å²) < 4.78 is 0. The number of benzene rings is 1. The van der Waals surface area contributed by atoms with E-state index in [0.29, 0.717) is 22.8 Å². The molecular formula is C18H14N6O2. The maximum absolute atomic E-state index is 12.4. The fourth-order valence-electron chi connectivity index (χ4n) is 2.74. The standard InChI is InChI=1S/C18H14N6O2/c1-11-12-6-2-3-7-13(12)17(26)24(11)10-15(25)20-18-21-16(22-23-18)14-8-4-5-9-19-14/h2-9H,1,10H2,(H2,20,21,22,23,25). The van der Waals surface area contributed by atoms with Crippen molar-refractivity contribution in [1.29, 1.82) is 0 Å². The molecule has 8 nitrogen and oxygen atoms in total. The number of hydrogen-bond donors (Lipinski definition) is 2. The number of carbonyl (C=O) groups is 2. The fourth-order valence-corrected chi connectivity index (χ4v) is 2.74. The van der Waals surface area contributed by atoms with E-state index in [-0.39, 0.29) is 18.4 Å². The zero-order chi connectivity index (χ0) is 18.1. The van der Waals surface area contributed by atoms with Gasteiger partial charge in [-0.2, -0.15) is 4.98 Å². The summed E-state index contributed by atoms with van der Waals surface area (Å²) in [5.41, 5.74) is 2.39. The predicted molar refractivity (Wildman–Crippen MR) is 94.8 cm³/mol. The molecule has 0 saturated carbocycles. The van der Waals surface area contributed by atoms with Crippen LogP contribution in [0.15, 0.2) is 55.2 Å². The summed E-state index contributed by atoms with van der Waals surface area (Å²) in [6, 6.07) is 12.5. The lowest BCUT2D eigenvalue weighted by Gasteiger charge is -2.16. The number of aromatic amines is 1. The lowest BCUT2D eigenvalue weighted by Crippen LogP contribution is -2.33. The minimum atomic E-state index is -0.418. The van der Waals surface area contributed by atoms with Gasteiger partial charge in [0, 0.05) is 23.0 Å². The summed E-state index contributed by atoms with van der Waals surface area (Å²) in [4.78, 5) is 34.4. The highest BCUT2D eigenvalue weighted by molar-refractivity contribution is 6.11. The van der Waals surface area contributed by atoms with Gasteiger partial charge in [0.2, 0.25) is 11.9 Å². The van der Waals surface area contributed by atoms with Gasteiger partial charge in [-0.05, 0) is 18.2 Å². The number of hydrogen-bond acceptors (Lipinski definition) is 5. The maximum Gasteiger partial charge on any atom is 0.259 e. The Kier molecular flexibility index (Phi) is 3.77. The molecule has 2 amide bonds. The van der Waals surface area contributed by atoms with E-state index >= 15 is 0 Å². The Hall–Kier alpha value is -3.81. The number of carbonyl (C=O) groups excluding carboxylic acids is 2. The van der Waals surface area contributed by atoms with Crippen LogP contribution in [-0.2, 0) is 4.79 Å². The minimum absolute atomic E-state index is 0.116. The number of fused-ring (bicyclic) bond motifs is 1. The van der Waals surface area contributed by atoms with E-state index in [1.54, 1.807) is 30.5 Å². The molecule has 0 fully saturated rings. The first kappa shape index (κ1) is 15.7. The smallest absolute Gasteiger partial charge is 0.259 e. The topological polar surface area (TPSA) is 104 Å². The number of aromatic nitrogens is 4. The van der Waals surface area contributed by atoms with Crippen LogP contribution in [0.5, 0.6) is 0 Å². The van der Waals surface area contributed by atoms with Crippen LogP contribution in [-0.4, -0.2) is 43.4 Å². The zero-order valence-corrected chi connectivity index (χ0v) is 13.6. The maximum atomic E-state index is 12.4. The molecule has 1 aliphatic rings. The Balaban J connectivity index is 1.45. The van der Waals surface area contributed by atoms with E-state index in [1.807, 2.05) is 18.2 Å². The van der Waals surface area contributed by atoms with Gasteiger partial charge in [-0.15, -0.1) is 5.10 Å². The Morgan fingerprint density at radius 1 is 1.15 bits per heavy atom. The molecule has 3 heterocycles. The van der Waals surface area contributed by atoms with Gasteiger partial charge < -0.3 is 0 Å². The molecular weight excluding hydrogens is 332 g/mol. The van der Waals surface area contributed by atoms with Crippen molar-refractivity contribution in [1.82, 2.24) is 25.1 Å². The van der Waals surface area contributed by atoms with Gasteiger partial charge in [0.15, 0.2) is 5.82 Å². The predicted octanol–water partition coefficient (Wildman–Crippen LogP) is 1.93. The molecule has 128 valence electrons. The van der Waals surface area contributed by atoms with Crippen LogP contribution in [0.3, 0.4) is 0 Å². The van der Waals surface area contributed by atoms with Crippen LogP contribution in [0, 0.1) is 0 Å². The molecule has 1 aromatic carbocycles. The van der Waals surface area contributed by atoms with Crippen molar-refractivity contribution in [3.8, 4) is 11.5 Å². The van der Waals surface area contributed by atoms with Crippen molar-refractivity contribution in [2.75, 3.05) is 11.9 Å². The molecule has 0 aliphatic carbocycles. The third-order valence-corrected chi connectivity index (χ3v) is 3.99. The molecule has 0 unspecified atom stereocenters. The summed E-state index contributed by atoms with van der Waals surface area (Å²) in [6.07, 6.45) is 1.64.